The summed E-state index contributed by atoms with van der Waals surface area (Å²) in [4.78, 5) is 0.678. The van der Waals surface area contributed by atoms with Gasteiger partial charge in [0.1, 0.15) is 0 Å². The first-order valence-electron chi connectivity index (χ1n) is 10.5. The summed E-state index contributed by atoms with van der Waals surface area (Å²) in [6.07, 6.45) is 17.7. The third-order valence-electron chi connectivity index (χ3n) is 5.41. The van der Waals surface area contributed by atoms with Gasteiger partial charge in [-0.3, -0.25) is 0 Å². The van der Waals surface area contributed by atoms with Crippen LogP contribution in [-0.2, 0) is 0 Å². The van der Waals surface area contributed by atoms with Gasteiger partial charge in [0.05, 0.1) is 0 Å². The molecule has 0 saturated carbocycles. The van der Waals surface area contributed by atoms with Crippen molar-refractivity contribution in [2.45, 2.75) is 48.3 Å². The number of nitrogens with zero attached hydrogens (tertiary/aromatic N) is 1. The Morgan fingerprint density at radius 1 is 1.21 bits per heavy atom. The van der Waals surface area contributed by atoms with Crippen LogP contribution < -0.4 is 9.78 Å². The van der Waals surface area contributed by atoms with Crippen molar-refractivity contribution in [1.29, 1.82) is 0 Å². The van der Waals surface area contributed by atoms with Crippen molar-refractivity contribution in [2.24, 2.45) is 0 Å². The van der Waals surface area contributed by atoms with E-state index in [2.05, 4.69) is 96.3 Å². The van der Waals surface area contributed by atoms with Gasteiger partial charge in [-0.1, -0.05) is 0 Å². The van der Waals surface area contributed by atoms with Gasteiger partial charge >= 0.3 is 190 Å². The van der Waals surface area contributed by atoms with E-state index in [0.717, 1.165) is 0 Å². The standard InChI is InChI=1S/C24H31N2Se2Si/c1-29(2,3)17-9-16-26-19(18-27-23-14-7-5-12-21(23)26)10-8-15-24-25-20-11-4-6-13-22(20)28-24/h4-8,10-15,19,23,25H,9,16-18H2,1-3H3/q+1. The van der Waals surface area contributed by atoms with Crippen LogP contribution in [0.4, 0.5) is 5.69 Å². The van der Waals surface area contributed by atoms with Crippen LogP contribution in [0.15, 0.2) is 71.4 Å². The zero-order chi connectivity index (χ0) is 20.3. The molecule has 0 amide bonds. The molecule has 5 heteroatoms. The molecule has 0 bridgehead atoms. The van der Waals surface area contributed by atoms with Crippen LogP contribution in [-0.4, -0.2) is 60.9 Å². The molecule has 0 aromatic heterocycles. The van der Waals surface area contributed by atoms with E-state index >= 15 is 0 Å². The molecule has 4 rings (SSSR count). The van der Waals surface area contributed by atoms with Crippen molar-refractivity contribution < 1.29 is 4.58 Å². The molecule has 0 radical (unpaired) electrons. The summed E-state index contributed by atoms with van der Waals surface area (Å²) >= 11 is 1.06. The summed E-state index contributed by atoms with van der Waals surface area (Å²) in [6, 6.07) is 10.7. The molecule has 1 aliphatic carbocycles. The van der Waals surface area contributed by atoms with Crippen molar-refractivity contribution in [3.05, 3.63) is 71.4 Å². The molecule has 1 aromatic rings. The van der Waals surface area contributed by atoms with Gasteiger partial charge in [0.25, 0.3) is 0 Å². The first kappa shape index (κ1) is 21.1. The predicted molar refractivity (Wildman–Crippen MR) is 132 cm³/mol. The van der Waals surface area contributed by atoms with Crippen LogP contribution in [0.25, 0.3) is 0 Å². The number of hydrogen-bond donors (Lipinski definition) is 1. The average molecular weight is 534 g/mol. The number of benzene rings is 1. The van der Waals surface area contributed by atoms with Gasteiger partial charge in [-0.25, -0.2) is 0 Å². The number of para-hydroxylation sites is 1. The predicted octanol–water partition coefficient (Wildman–Crippen LogP) is 4.44. The zero-order valence-corrected chi connectivity index (χ0v) is 22.0. The SMILES string of the molecule is C[Si](C)(C)CCC[N+]1=C2C=CC=CC2[Se]CC1C=CC=C1Nc2ccccc2[Se]1. The van der Waals surface area contributed by atoms with Crippen molar-refractivity contribution in [3.63, 3.8) is 0 Å². The van der Waals surface area contributed by atoms with Gasteiger partial charge in [-0.2, -0.15) is 0 Å². The maximum absolute atomic E-state index is 3.59. The summed E-state index contributed by atoms with van der Waals surface area (Å²) < 4.78 is 5.55. The first-order valence-corrected chi connectivity index (χ1v) is 18.1. The van der Waals surface area contributed by atoms with Crippen molar-refractivity contribution >= 4 is 53.8 Å². The Balaban J connectivity index is 1.48. The Morgan fingerprint density at radius 3 is 2.90 bits per heavy atom. The monoisotopic (exact) mass is 535 g/mol. The second kappa shape index (κ2) is 9.37. The molecular weight excluding hydrogens is 502 g/mol. The first-order chi connectivity index (χ1) is 14.0. The molecule has 0 fully saturated rings. The molecule has 2 unspecified atom stereocenters. The van der Waals surface area contributed by atoms with Crippen molar-refractivity contribution in [1.82, 2.24) is 0 Å². The van der Waals surface area contributed by atoms with Gasteiger partial charge in [0.15, 0.2) is 0 Å². The molecule has 2 nitrogen and oxygen atoms in total. The van der Waals surface area contributed by atoms with E-state index < -0.39 is 8.07 Å². The minimum atomic E-state index is -0.979. The van der Waals surface area contributed by atoms with Crippen LogP contribution >= 0.6 is 0 Å². The molecule has 2 heterocycles. The Kier molecular flexibility index (Phi) is 6.83. The molecule has 2 atom stereocenters. The van der Waals surface area contributed by atoms with Crippen molar-refractivity contribution in [2.75, 3.05) is 11.9 Å². The fraction of sp³-hybridized carbons (Fsp3) is 0.375. The third kappa shape index (κ3) is 5.54. The average Bonchev–Trinajstić information content (AvgIpc) is 3.11. The van der Waals surface area contributed by atoms with Crippen LogP contribution in [0, 0.1) is 0 Å². The van der Waals surface area contributed by atoms with E-state index in [1.54, 1.807) is 5.71 Å². The Labute approximate surface area is 189 Å². The summed E-state index contributed by atoms with van der Waals surface area (Å²) in [6.45, 7) is 8.67. The summed E-state index contributed by atoms with van der Waals surface area (Å²) in [5.74, 6) is 0. The van der Waals surface area contributed by atoms with E-state index in [4.69, 9.17) is 0 Å². The third-order valence-corrected chi connectivity index (χ3v) is 12.1. The number of fused-ring (bicyclic) bond motifs is 2. The van der Waals surface area contributed by atoms with Crippen molar-refractivity contribution in [3.8, 4) is 0 Å². The summed E-state index contributed by atoms with van der Waals surface area (Å²) in [7, 11) is -0.979. The quantitative estimate of drug-likeness (QED) is 0.422. The summed E-state index contributed by atoms with van der Waals surface area (Å²) in [5.41, 5.74) is 2.85. The van der Waals surface area contributed by atoms with Gasteiger partial charge in [-0.15, -0.1) is 0 Å². The molecule has 152 valence electrons. The molecule has 0 saturated heterocycles. The normalized spacial score (nSPS) is 24.9. The van der Waals surface area contributed by atoms with E-state index in [1.807, 2.05) is 0 Å². The van der Waals surface area contributed by atoms with Crippen LogP contribution in [0.1, 0.15) is 6.42 Å². The fourth-order valence-electron chi connectivity index (χ4n) is 3.91. The fourth-order valence-corrected chi connectivity index (χ4v) is 9.75. The zero-order valence-electron chi connectivity index (χ0n) is 17.6. The molecule has 0 spiro atoms. The molecular formula is C24H31N2Se2Si+. The summed E-state index contributed by atoms with van der Waals surface area (Å²) in [5, 5.41) is 4.90. The van der Waals surface area contributed by atoms with Gasteiger partial charge < -0.3 is 0 Å². The van der Waals surface area contributed by atoms with Crippen LogP contribution in [0.3, 0.4) is 0 Å². The maximum atomic E-state index is 3.59. The number of rotatable bonds is 6. The Morgan fingerprint density at radius 2 is 2.07 bits per heavy atom. The number of anilines is 1. The number of hydrogen-bond acceptors (Lipinski definition) is 1. The molecule has 3 aliphatic rings. The topological polar surface area (TPSA) is 15.0 Å². The number of allylic oxidation sites excluding steroid dienone is 6. The van der Waals surface area contributed by atoms with E-state index in [-0.39, 0.29) is 0 Å². The second-order valence-electron chi connectivity index (χ2n) is 8.99. The van der Waals surface area contributed by atoms with Gasteiger partial charge in [-0.05, 0) is 0 Å². The van der Waals surface area contributed by atoms with Gasteiger partial charge in [0.2, 0.25) is 0 Å². The molecule has 2 aliphatic heterocycles. The minimum absolute atomic E-state index is 0.408. The van der Waals surface area contributed by atoms with Crippen LogP contribution in [0.5, 0.6) is 0 Å². The number of nitrogens with one attached hydrogen (secondary N) is 1. The Hall–Kier alpha value is -1.09. The molecule has 1 N–H and O–H groups in total. The van der Waals surface area contributed by atoms with Crippen LogP contribution in [0.2, 0.25) is 35.8 Å². The Bertz CT molecular complexity index is 879. The van der Waals surface area contributed by atoms with Gasteiger partial charge in [0, 0.05) is 0 Å². The van der Waals surface area contributed by atoms with E-state index in [9.17, 15) is 0 Å². The second-order valence-corrected chi connectivity index (χ2v) is 19.3. The molecule has 29 heavy (non-hydrogen) atoms. The van der Waals surface area contributed by atoms with E-state index in [0.29, 0.717) is 40.8 Å². The molecule has 1 aromatic carbocycles. The van der Waals surface area contributed by atoms with E-state index in [1.165, 1.54) is 39.1 Å².